The number of esters is 1. The zero-order valence-electron chi connectivity index (χ0n) is 9.68. The average Bonchev–Trinajstić information content (AvgIpc) is 2.29. The van der Waals surface area contributed by atoms with Gasteiger partial charge in [0.1, 0.15) is 6.04 Å². The van der Waals surface area contributed by atoms with Crippen molar-refractivity contribution < 1.29 is 14.3 Å². The minimum atomic E-state index is -0.741. The number of primary amides is 1. The van der Waals surface area contributed by atoms with Crippen molar-refractivity contribution in [2.24, 2.45) is 5.73 Å². The normalized spacial score (nSPS) is 11.6. The van der Waals surface area contributed by atoms with Gasteiger partial charge >= 0.3 is 12.0 Å². The molecule has 0 saturated heterocycles. The molecule has 0 bridgehead atoms. The molecule has 0 aliphatic heterocycles. The van der Waals surface area contributed by atoms with Crippen LogP contribution < -0.4 is 11.1 Å². The maximum Gasteiger partial charge on any atom is 0.329 e. The Morgan fingerprint density at radius 2 is 2.00 bits per heavy atom. The summed E-state index contributed by atoms with van der Waals surface area (Å²) < 4.78 is 4.87. The number of carbonyl (C=O) groups excluding carboxylic acids is 2. The van der Waals surface area contributed by atoms with Gasteiger partial charge in [-0.15, -0.1) is 0 Å². The first-order chi connectivity index (χ1) is 8.13. The highest BCUT2D eigenvalue weighted by atomic mass is 16.5. The van der Waals surface area contributed by atoms with E-state index in [2.05, 4.69) is 5.32 Å². The number of benzene rings is 1. The molecule has 1 rings (SSSR count). The number of nitrogens with two attached hydrogens (primary N) is 1. The third kappa shape index (κ3) is 4.55. The number of rotatable bonds is 5. The zero-order valence-corrected chi connectivity index (χ0v) is 9.68. The molecule has 1 aromatic rings. The Hall–Kier alpha value is -2.04. The van der Waals surface area contributed by atoms with Crippen LogP contribution >= 0.6 is 0 Å². The van der Waals surface area contributed by atoms with Gasteiger partial charge in [0.2, 0.25) is 0 Å². The Balaban J connectivity index is 2.70. The lowest BCUT2D eigenvalue weighted by atomic mass is 10.1. The van der Waals surface area contributed by atoms with Crippen LogP contribution in [0.25, 0.3) is 0 Å². The van der Waals surface area contributed by atoms with Gasteiger partial charge in [-0.3, -0.25) is 0 Å². The first-order valence-corrected chi connectivity index (χ1v) is 5.40. The van der Waals surface area contributed by atoms with Gasteiger partial charge in [0.25, 0.3) is 0 Å². The van der Waals surface area contributed by atoms with Crippen molar-refractivity contribution in [2.75, 3.05) is 6.61 Å². The van der Waals surface area contributed by atoms with Crippen molar-refractivity contribution in [3.05, 3.63) is 35.9 Å². The number of hydrogen-bond donors (Lipinski definition) is 2. The molecule has 0 aliphatic rings. The molecule has 1 aromatic carbocycles. The van der Waals surface area contributed by atoms with Gasteiger partial charge in [-0.2, -0.15) is 0 Å². The monoisotopic (exact) mass is 236 g/mol. The molecular formula is C12H16N2O3. The zero-order chi connectivity index (χ0) is 12.7. The van der Waals surface area contributed by atoms with Crippen molar-refractivity contribution in [2.45, 2.75) is 19.4 Å². The molecule has 0 saturated carbocycles. The Kier molecular flexibility index (Phi) is 5.00. The van der Waals surface area contributed by atoms with Gasteiger partial charge in [0.05, 0.1) is 6.61 Å². The molecular weight excluding hydrogens is 220 g/mol. The molecule has 0 spiro atoms. The lowest BCUT2D eigenvalue weighted by Gasteiger charge is -2.15. The molecule has 0 radical (unpaired) electrons. The van der Waals surface area contributed by atoms with E-state index in [9.17, 15) is 9.59 Å². The lowest BCUT2D eigenvalue weighted by molar-refractivity contribution is -0.145. The second kappa shape index (κ2) is 6.52. The van der Waals surface area contributed by atoms with E-state index in [4.69, 9.17) is 10.5 Å². The summed E-state index contributed by atoms with van der Waals surface area (Å²) in [4.78, 5) is 22.4. The van der Waals surface area contributed by atoms with Crippen LogP contribution in [0, 0.1) is 0 Å². The van der Waals surface area contributed by atoms with E-state index in [1.54, 1.807) is 6.92 Å². The fourth-order valence-corrected chi connectivity index (χ4v) is 1.46. The van der Waals surface area contributed by atoms with E-state index in [-0.39, 0.29) is 6.61 Å². The summed E-state index contributed by atoms with van der Waals surface area (Å²) in [5, 5.41) is 2.38. The van der Waals surface area contributed by atoms with Gasteiger partial charge in [-0.1, -0.05) is 30.3 Å². The molecule has 17 heavy (non-hydrogen) atoms. The minimum Gasteiger partial charge on any atom is -0.464 e. The molecule has 0 fully saturated rings. The molecule has 5 heteroatoms. The van der Waals surface area contributed by atoms with E-state index < -0.39 is 18.0 Å². The molecule has 3 N–H and O–H groups in total. The third-order valence-electron chi connectivity index (χ3n) is 2.17. The van der Waals surface area contributed by atoms with Crippen LogP contribution in [-0.4, -0.2) is 24.6 Å². The summed E-state index contributed by atoms with van der Waals surface area (Å²) in [6, 6.07) is 7.87. The van der Waals surface area contributed by atoms with Crippen LogP contribution in [0.4, 0.5) is 4.79 Å². The standard InChI is InChI=1S/C12H16N2O3/c1-2-17-11(15)10(14-12(13)16)8-9-6-4-3-5-7-9/h3-7,10H,2,8H2,1H3,(H3,13,14,16). The Bertz CT molecular complexity index is 379. The van der Waals surface area contributed by atoms with Crippen LogP contribution in [0.3, 0.4) is 0 Å². The summed E-state index contributed by atoms with van der Waals surface area (Å²) >= 11 is 0. The molecule has 0 aromatic heterocycles. The fraction of sp³-hybridized carbons (Fsp3) is 0.333. The van der Waals surface area contributed by atoms with Crippen LogP contribution in [0.2, 0.25) is 0 Å². The van der Waals surface area contributed by atoms with Gasteiger partial charge < -0.3 is 15.8 Å². The Labute approximate surface area is 99.9 Å². The summed E-state index contributed by atoms with van der Waals surface area (Å²) in [7, 11) is 0. The number of urea groups is 1. The molecule has 2 amide bonds. The quantitative estimate of drug-likeness (QED) is 0.743. The molecule has 1 unspecified atom stereocenters. The topological polar surface area (TPSA) is 81.4 Å². The Morgan fingerprint density at radius 3 is 2.53 bits per heavy atom. The molecule has 0 heterocycles. The van der Waals surface area contributed by atoms with E-state index in [0.717, 1.165) is 5.56 Å². The summed E-state index contributed by atoms with van der Waals surface area (Å²) in [5.41, 5.74) is 5.95. The lowest BCUT2D eigenvalue weighted by Crippen LogP contribution is -2.45. The van der Waals surface area contributed by atoms with E-state index in [1.807, 2.05) is 30.3 Å². The van der Waals surface area contributed by atoms with Crippen molar-refractivity contribution in [1.82, 2.24) is 5.32 Å². The van der Waals surface area contributed by atoms with Crippen molar-refractivity contribution in [3.63, 3.8) is 0 Å². The van der Waals surface area contributed by atoms with Gasteiger partial charge in [0, 0.05) is 6.42 Å². The number of ether oxygens (including phenoxy) is 1. The van der Waals surface area contributed by atoms with Gasteiger partial charge in [-0.25, -0.2) is 9.59 Å². The molecule has 0 aliphatic carbocycles. The fourth-order valence-electron chi connectivity index (χ4n) is 1.46. The number of nitrogens with one attached hydrogen (secondary N) is 1. The van der Waals surface area contributed by atoms with Gasteiger partial charge in [-0.05, 0) is 12.5 Å². The summed E-state index contributed by atoms with van der Waals surface area (Å²) in [6.07, 6.45) is 0.364. The highest BCUT2D eigenvalue weighted by molar-refractivity contribution is 5.83. The second-order valence-electron chi connectivity index (χ2n) is 3.50. The largest absolute Gasteiger partial charge is 0.464 e. The van der Waals surface area contributed by atoms with Crippen molar-refractivity contribution in [3.8, 4) is 0 Å². The predicted molar refractivity (Wildman–Crippen MR) is 63.3 cm³/mol. The molecule has 5 nitrogen and oxygen atoms in total. The van der Waals surface area contributed by atoms with Crippen molar-refractivity contribution >= 4 is 12.0 Å². The maximum absolute atomic E-state index is 11.6. The highest BCUT2D eigenvalue weighted by Crippen LogP contribution is 2.04. The van der Waals surface area contributed by atoms with E-state index >= 15 is 0 Å². The maximum atomic E-state index is 11.6. The summed E-state index contributed by atoms with van der Waals surface area (Å²) in [6.45, 7) is 1.98. The number of amides is 2. The first kappa shape index (κ1) is 13.0. The number of hydrogen-bond acceptors (Lipinski definition) is 3. The highest BCUT2D eigenvalue weighted by Gasteiger charge is 2.21. The SMILES string of the molecule is CCOC(=O)C(Cc1ccccc1)NC(N)=O. The molecule has 92 valence electrons. The van der Waals surface area contributed by atoms with Crippen LogP contribution in [0.15, 0.2) is 30.3 Å². The molecule has 1 atom stereocenters. The summed E-state index contributed by atoms with van der Waals surface area (Å²) in [5.74, 6) is -0.477. The van der Waals surface area contributed by atoms with Gasteiger partial charge in [0.15, 0.2) is 0 Å². The Morgan fingerprint density at radius 1 is 1.35 bits per heavy atom. The third-order valence-corrected chi connectivity index (χ3v) is 2.17. The van der Waals surface area contributed by atoms with Crippen molar-refractivity contribution in [1.29, 1.82) is 0 Å². The predicted octanol–water partition coefficient (Wildman–Crippen LogP) is 0.829. The first-order valence-electron chi connectivity index (χ1n) is 5.40. The van der Waals surface area contributed by atoms with Crippen LogP contribution in [0.1, 0.15) is 12.5 Å². The van der Waals surface area contributed by atoms with E-state index in [1.165, 1.54) is 0 Å². The van der Waals surface area contributed by atoms with Crippen LogP contribution in [0.5, 0.6) is 0 Å². The number of carbonyl (C=O) groups is 2. The average molecular weight is 236 g/mol. The second-order valence-corrected chi connectivity index (χ2v) is 3.50. The van der Waals surface area contributed by atoms with E-state index in [0.29, 0.717) is 6.42 Å². The smallest absolute Gasteiger partial charge is 0.329 e. The van der Waals surface area contributed by atoms with Crippen LogP contribution in [-0.2, 0) is 16.0 Å². The minimum absolute atomic E-state index is 0.268.